The van der Waals surface area contributed by atoms with Crippen molar-refractivity contribution in [1.82, 2.24) is 4.90 Å². The zero-order valence-electron chi connectivity index (χ0n) is 8.55. The highest BCUT2D eigenvalue weighted by Gasteiger charge is 2.32. The number of nitrogens with zero attached hydrogens (tertiary/aromatic N) is 1. The molecule has 0 radical (unpaired) electrons. The predicted octanol–water partition coefficient (Wildman–Crippen LogP) is 1.16. The molecule has 0 atom stereocenters. The lowest BCUT2D eigenvalue weighted by Gasteiger charge is -2.28. The molecule has 1 N–H and O–H groups in total. The molecule has 3 nitrogen and oxygen atoms in total. The van der Waals surface area contributed by atoms with Gasteiger partial charge in [-0.15, -0.1) is 0 Å². The van der Waals surface area contributed by atoms with Gasteiger partial charge in [0, 0.05) is 20.0 Å². The number of aliphatic hydroxyl groups is 1. The Hall–Kier alpha value is -0.570. The van der Waals surface area contributed by atoms with Crippen molar-refractivity contribution in [3.63, 3.8) is 0 Å². The number of carbonyl (C=O) groups excluding carboxylic acids is 1. The van der Waals surface area contributed by atoms with Crippen molar-refractivity contribution in [2.75, 3.05) is 13.6 Å². The maximum atomic E-state index is 11.3. The number of likely N-dealkylation sites (N-methyl/N-ethyl adjacent to an activating group) is 1. The first-order valence-electron chi connectivity index (χ1n) is 5.04. The highest BCUT2D eigenvalue weighted by molar-refractivity contribution is 5.75. The summed E-state index contributed by atoms with van der Waals surface area (Å²) in [4.78, 5) is 12.9. The lowest BCUT2D eigenvalue weighted by Crippen LogP contribution is -2.41. The van der Waals surface area contributed by atoms with Crippen LogP contribution >= 0.6 is 0 Å². The summed E-state index contributed by atoms with van der Waals surface area (Å²) in [5.74, 6) is 0.111. The number of rotatable bonds is 3. The summed E-state index contributed by atoms with van der Waals surface area (Å²) >= 11 is 0. The van der Waals surface area contributed by atoms with Crippen LogP contribution in [0.5, 0.6) is 0 Å². The van der Waals surface area contributed by atoms with Gasteiger partial charge in [-0.25, -0.2) is 0 Å². The van der Waals surface area contributed by atoms with Crippen LogP contribution < -0.4 is 0 Å². The zero-order valence-corrected chi connectivity index (χ0v) is 8.55. The topological polar surface area (TPSA) is 40.5 Å². The second kappa shape index (κ2) is 4.09. The Morgan fingerprint density at radius 2 is 2.00 bits per heavy atom. The smallest absolute Gasteiger partial charge is 0.222 e. The minimum atomic E-state index is -0.598. The van der Waals surface area contributed by atoms with E-state index < -0.39 is 5.60 Å². The lowest BCUT2D eigenvalue weighted by molar-refractivity contribution is -0.132. The van der Waals surface area contributed by atoms with Crippen LogP contribution in [0.4, 0.5) is 0 Å². The molecule has 1 aliphatic rings. The van der Waals surface area contributed by atoms with E-state index >= 15 is 0 Å². The molecule has 0 heterocycles. The van der Waals surface area contributed by atoms with Gasteiger partial charge >= 0.3 is 0 Å². The van der Waals surface area contributed by atoms with Crippen molar-refractivity contribution in [1.29, 1.82) is 0 Å². The fourth-order valence-electron chi connectivity index (χ4n) is 1.99. The van der Waals surface area contributed by atoms with E-state index in [0.717, 1.165) is 25.7 Å². The maximum Gasteiger partial charge on any atom is 0.222 e. The SMILES string of the molecule is CCC(=O)N(C)CC1(O)CCCC1. The molecule has 1 amide bonds. The fourth-order valence-corrected chi connectivity index (χ4v) is 1.99. The van der Waals surface area contributed by atoms with E-state index in [4.69, 9.17) is 0 Å². The van der Waals surface area contributed by atoms with E-state index in [9.17, 15) is 9.90 Å². The molecule has 1 aliphatic carbocycles. The third kappa shape index (κ3) is 2.69. The van der Waals surface area contributed by atoms with Crippen molar-refractivity contribution in [3.05, 3.63) is 0 Å². The molecule has 0 aromatic carbocycles. The summed E-state index contributed by atoms with van der Waals surface area (Å²) in [5.41, 5.74) is -0.598. The highest BCUT2D eigenvalue weighted by atomic mass is 16.3. The molecule has 1 saturated carbocycles. The number of amides is 1. The van der Waals surface area contributed by atoms with Gasteiger partial charge in [-0.3, -0.25) is 4.79 Å². The van der Waals surface area contributed by atoms with E-state index in [0.29, 0.717) is 13.0 Å². The Labute approximate surface area is 79.7 Å². The average Bonchev–Trinajstić information content (AvgIpc) is 2.50. The van der Waals surface area contributed by atoms with Crippen molar-refractivity contribution < 1.29 is 9.90 Å². The summed E-state index contributed by atoms with van der Waals surface area (Å²) in [6.07, 6.45) is 4.38. The quantitative estimate of drug-likeness (QED) is 0.716. The standard InChI is InChI=1S/C10H19NO2/c1-3-9(12)11(2)8-10(13)6-4-5-7-10/h13H,3-8H2,1-2H3. The number of hydrogen-bond donors (Lipinski definition) is 1. The Morgan fingerprint density at radius 3 is 2.46 bits per heavy atom. The van der Waals surface area contributed by atoms with E-state index in [-0.39, 0.29) is 5.91 Å². The van der Waals surface area contributed by atoms with E-state index in [1.54, 1.807) is 11.9 Å². The lowest BCUT2D eigenvalue weighted by atomic mass is 10.0. The first-order valence-corrected chi connectivity index (χ1v) is 5.04. The molecule has 1 rings (SSSR count). The summed E-state index contributed by atoms with van der Waals surface area (Å²) in [5, 5.41) is 10.0. The number of carbonyl (C=O) groups is 1. The summed E-state index contributed by atoms with van der Waals surface area (Å²) in [6.45, 7) is 2.34. The molecule has 1 fully saturated rings. The van der Waals surface area contributed by atoms with Gasteiger partial charge in [-0.1, -0.05) is 19.8 Å². The molecule has 76 valence electrons. The highest BCUT2D eigenvalue weighted by Crippen LogP contribution is 2.29. The van der Waals surface area contributed by atoms with Gasteiger partial charge in [0.1, 0.15) is 0 Å². The van der Waals surface area contributed by atoms with Gasteiger partial charge in [0.15, 0.2) is 0 Å². The zero-order chi connectivity index (χ0) is 9.90. The van der Waals surface area contributed by atoms with Crippen molar-refractivity contribution in [2.45, 2.75) is 44.6 Å². The van der Waals surface area contributed by atoms with E-state index in [1.807, 2.05) is 6.92 Å². The molecule has 0 aliphatic heterocycles. The molecule has 0 saturated heterocycles. The Morgan fingerprint density at radius 1 is 1.46 bits per heavy atom. The number of hydrogen-bond acceptors (Lipinski definition) is 2. The van der Waals surface area contributed by atoms with Crippen LogP contribution in [0.15, 0.2) is 0 Å². The molecule has 0 unspecified atom stereocenters. The van der Waals surface area contributed by atoms with Crippen LogP contribution in [0, 0.1) is 0 Å². The van der Waals surface area contributed by atoms with E-state index in [1.165, 1.54) is 0 Å². The summed E-state index contributed by atoms with van der Waals surface area (Å²) < 4.78 is 0. The van der Waals surface area contributed by atoms with Crippen LogP contribution in [0.25, 0.3) is 0 Å². The first kappa shape index (κ1) is 10.5. The fraction of sp³-hybridized carbons (Fsp3) is 0.900. The molecular formula is C10H19NO2. The molecule has 0 bridgehead atoms. The second-order valence-electron chi connectivity index (χ2n) is 4.03. The molecular weight excluding hydrogens is 166 g/mol. The third-order valence-electron chi connectivity index (χ3n) is 2.79. The first-order chi connectivity index (χ1) is 6.07. The van der Waals surface area contributed by atoms with Crippen LogP contribution in [0.3, 0.4) is 0 Å². The van der Waals surface area contributed by atoms with Gasteiger partial charge in [-0.05, 0) is 12.8 Å². The molecule has 0 spiro atoms. The van der Waals surface area contributed by atoms with Crippen LogP contribution in [0.2, 0.25) is 0 Å². The minimum Gasteiger partial charge on any atom is -0.388 e. The van der Waals surface area contributed by atoms with Gasteiger partial charge in [0.05, 0.1) is 5.60 Å². The van der Waals surface area contributed by atoms with Gasteiger partial charge < -0.3 is 10.0 Å². The molecule has 3 heteroatoms. The van der Waals surface area contributed by atoms with Crippen molar-refractivity contribution in [3.8, 4) is 0 Å². The maximum absolute atomic E-state index is 11.3. The van der Waals surface area contributed by atoms with Gasteiger partial charge in [-0.2, -0.15) is 0 Å². The minimum absolute atomic E-state index is 0.111. The third-order valence-corrected chi connectivity index (χ3v) is 2.79. The van der Waals surface area contributed by atoms with Crippen molar-refractivity contribution >= 4 is 5.91 Å². The summed E-state index contributed by atoms with van der Waals surface area (Å²) in [7, 11) is 1.77. The Bertz CT molecular complexity index is 185. The molecule has 13 heavy (non-hydrogen) atoms. The van der Waals surface area contributed by atoms with Gasteiger partial charge in [0.25, 0.3) is 0 Å². The van der Waals surface area contributed by atoms with E-state index in [2.05, 4.69) is 0 Å². The molecule has 0 aromatic heterocycles. The largest absolute Gasteiger partial charge is 0.388 e. The van der Waals surface area contributed by atoms with Gasteiger partial charge in [0.2, 0.25) is 5.91 Å². The normalized spacial score (nSPS) is 20.2. The summed E-state index contributed by atoms with van der Waals surface area (Å²) in [6, 6.07) is 0. The van der Waals surface area contributed by atoms with Crippen molar-refractivity contribution in [2.24, 2.45) is 0 Å². The molecule has 0 aromatic rings. The average molecular weight is 185 g/mol. The van der Waals surface area contributed by atoms with Crippen LogP contribution in [0.1, 0.15) is 39.0 Å². The monoisotopic (exact) mass is 185 g/mol. The Kier molecular flexibility index (Phi) is 3.31. The predicted molar refractivity (Wildman–Crippen MR) is 51.3 cm³/mol. The van der Waals surface area contributed by atoms with Crippen LogP contribution in [-0.2, 0) is 4.79 Å². The second-order valence-corrected chi connectivity index (χ2v) is 4.03. The Balaban J connectivity index is 2.42. The van der Waals surface area contributed by atoms with Crippen LogP contribution in [-0.4, -0.2) is 35.1 Å².